The Hall–Kier alpha value is -0.0400. The van der Waals surface area contributed by atoms with Gasteiger partial charge in [0.05, 0.1) is 0 Å². The van der Waals surface area contributed by atoms with Crippen LogP contribution in [-0.2, 0) is 0 Å². The number of aliphatic hydroxyl groups excluding tert-OH is 1. The minimum atomic E-state index is 0.455. The number of fused-ring (bicyclic) bond motifs is 12. The molecule has 4 bridgehead atoms. The Morgan fingerprint density at radius 1 is 1.00 bits per heavy atom. The average molecular weight is 246 g/mol. The minimum Gasteiger partial charge on any atom is -0.396 e. The number of rotatable bonds is 2. The molecule has 100 valence electrons. The molecule has 0 heterocycles. The summed E-state index contributed by atoms with van der Waals surface area (Å²) >= 11 is 0. The second-order valence-corrected chi connectivity index (χ2v) is 8.21. The third-order valence-electron chi connectivity index (χ3n) is 8.19. The first-order valence-corrected chi connectivity index (χ1v) is 8.46. The van der Waals surface area contributed by atoms with Gasteiger partial charge in [-0.25, -0.2) is 0 Å². The van der Waals surface area contributed by atoms with E-state index in [2.05, 4.69) is 0 Å². The van der Waals surface area contributed by atoms with E-state index in [0.29, 0.717) is 12.0 Å². The summed E-state index contributed by atoms with van der Waals surface area (Å²) in [6.45, 7) is 0.455. The summed E-state index contributed by atoms with van der Waals surface area (Å²) in [5.74, 6) is 7.52. The van der Waals surface area contributed by atoms with Gasteiger partial charge in [0, 0.05) is 6.61 Å². The summed E-state index contributed by atoms with van der Waals surface area (Å²) in [6, 6.07) is 0. The van der Waals surface area contributed by atoms with Crippen LogP contribution in [0.1, 0.15) is 51.4 Å². The van der Waals surface area contributed by atoms with E-state index in [1.165, 1.54) is 32.1 Å². The van der Waals surface area contributed by atoms with Crippen LogP contribution in [0, 0.1) is 46.8 Å². The van der Waals surface area contributed by atoms with Gasteiger partial charge in [-0.2, -0.15) is 0 Å². The summed E-state index contributed by atoms with van der Waals surface area (Å²) in [4.78, 5) is 0. The molecule has 8 unspecified atom stereocenters. The number of hydrogen-bond donors (Lipinski definition) is 1. The van der Waals surface area contributed by atoms with Gasteiger partial charge in [-0.1, -0.05) is 6.42 Å². The molecule has 0 saturated heterocycles. The van der Waals surface area contributed by atoms with Crippen LogP contribution >= 0.6 is 0 Å². The third-order valence-corrected chi connectivity index (χ3v) is 8.19. The van der Waals surface area contributed by atoms with Gasteiger partial charge in [0.2, 0.25) is 0 Å². The van der Waals surface area contributed by atoms with Crippen molar-refractivity contribution in [1.82, 2.24) is 0 Å². The molecule has 5 saturated carbocycles. The van der Waals surface area contributed by atoms with Crippen molar-refractivity contribution in [2.24, 2.45) is 46.8 Å². The highest BCUT2D eigenvalue weighted by Gasteiger charge is 2.72. The van der Waals surface area contributed by atoms with Gasteiger partial charge in [0.1, 0.15) is 0 Å². The molecule has 0 amide bonds. The minimum absolute atomic E-state index is 0.455. The first kappa shape index (κ1) is 10.7. The first-order valence-electron chi connectivity index (χ1n) is 8.46. The molecule has 8 atom stereocenters. The van der Waals surface area contributed by atoms with Crippen molar-refractivity contribution in [2.75, 3.05) is 6.61 Å². The Morgan fingerprint density at radius 2 is 1.89 bits per heavy atom. The summed E-state index contributed by atoms with van der Waals surface area (Å²) in [5.41, 5.74) is 0.616. The summed E-state index contributed by atoms with van der Waals surface area (Å²) in [7, 11) is 0. The summed E-state index contributed by atoms with van der Waals surface area (Å²) in [6.07, 6.45) is 11.8. The quantitative estimate of drug-likeness (QED) is 0.740. The number of hydrogen-bond acceptors (Lipinski definition) is 1. The van der Waals surface area contributed by atoms with Crippen molar-refractivity contribution < 1.29 is 5.11 Å². The van der Waals surface area contributed by atoms with Crippen molar-refractivity contribution in [1.29, 1.82) is 0 Å². The van der Waals surface area contributed by atoms with Crippen molar-refractivity contribution in [2.45, 2.75) is 51.4 Å². The van der Waals surface area contributed by atoms with E-state index in [1.54, 1.807) is 12.8 Å². The molecular formula is C17H26O. The molecule has 0 aliphatic heterocycles. The second kappa shape index (κ2) is 3.34. The van der Waals surface area contributed by atoms with Gasteiger partial charge in [-0.05, 0) is 91.8 Å². The van der Waals surface area contributed by atoms with Crippen LogP contribution in [-0.4, -0.2) is 11.7 Å². The molecular weight excluding hydrogens is 220 g/mol. The predicted molar refractivity (Wildman–Crippen MR) is 70.9 cm³/mol. The molecule has 5 fully saturated rings. The van der Waals surface area contributed by atoms with Gasteiger partial charge in [0.15, 0.2) is 0 Å². The first-order chi connectivity index (χ1) is 8.85. The van der Waals surface area contributed by atoms with Crippen LogP contribution in [0.15, 0.2) is 0 Å². The average Bonchev–Trinajstić information content (AvgIpc) is 3.13. The van der Waals surface area contributed by atoms with E-state index in [-0.39, 0.29) is 0 Å². The highest BCUT2D eigenvalue weighted by Crippen LogP contribution is 2.78. The maximum Gasteiger partial charge on any atom is 0.0436 e. The maximum atomic E-state index is 9.65. The molecule has 1 N–H and O–H groups in total. The van der Waals surface area contributed by atoms with Gasteiger partial charge >= 0.3 is 0 Å². The molecule has 0 spiro atoms. The van der Waals surface area contributed by atoms with Gasteiger partial charge < -0.3 is 5.11 Å². The van der Waals surface area contributed by atoms with Crippen LogP contribution in [0.3, 0.4) is 0 Å². The lowest BCUT2D eigenvalue weighted by Crippen LogP contribution is -2.43. The lowest BCUT2D eigenvalue weighted by atomic mass is 9.57. The van der Waals surface area contributed by atoms with Crippen molar-refractivity contribution in [3.8, 4) is 0 Å². The van der Waals surface area contributed by atoms with Gasteiger partial charge in [-0.3, -0.25) is 0 Å². The Balaban J connectivity index is 1.61. The zero-order chi connectivity index (χ0) is 11.9. The maximum absolute atomic E-state index is 9.65. The highest BCUT2D eigenvalue weighted by molar-refractivity contribution is 5.20. The van der Waals surface area contributed by atoms with Crippen LogP contribution in [0.25, 0.3) is 0 Å². The van der Waals surface area contributed by atoms with E-state index in [0.717, 1.165) is 47.8 Å². The SMILES string of the molecule is OCCC12CC(C3CCCC31)C1C3CCC(C3)C12. The Labute approximate surface area is 110 Å². The molecule has 1 nitrogen and oxygen atoms in total. The fourth-order valence-electron chi connectivity index (χ4n) is 8.23. The van der Waals surface area contributed by atoms with Crippen LogP contribution in [0.4, 0.5) is 0 Å². The van der Waals surface area contributed by atoms with Gasteiger partial charge in [0.25, 0.3) is 0 Å². The molecule has 0 aromatic heterocycles. The zero-order valence-corrected chi connectivity index (χ0v) is 11.4. The molecule has 1 heteroatoms. The normalized spacial score (nSPS) is 63.5. The van der Waals surface area contributed by atoms with E-state index >= 15 is 0 Å². The standard InChI is InChI=1S/C17H26O/c18-7-6-17-9-13(12-2-1-3-14(12)17)15-10-4-5-11(8-10)16(15)17/h10-16,18H,1-9H2. The molecule has 5 aliphatic rings. The molecule has 18 heavy (non-hydrogen) atoms. The van der Waals surface area contributed by atoms with E-state index in [1.807, 2.05) is 0 Å². The lowest BCUT2D eigenvalue weighted by Gasteiger charge is -2.48. The lowest BCUT2D eigenvalue weighted by molar-refractivity contribution is -0.0133. The zero-order valence-electron chi connectivity index (χ0n) is 11.4. The Morgan fingerprint density at radius 3 is 2.78 bits per heavy atom. The van der Waals surface area contributed by atoms with Crippen LogP contribution in [0.2, 0.25) is 0 Å². The smallest absolute Gasteiger partial charge is 0.0436 e. The second-order valence-electron chi connectivity index (χ2n) is 8.21. The largest absolute Gasteiger partial charge is 0.396 e. The summed E-state index contributed by atoms with van der Waals surface area (Å²) < 4.78 is 0. The van der Waals surface area contributed by atoms with E-state index < -0.39 is 0 Å². The van der Waals surface area contributed by atoms with Crippen molar-refractivity contribution >= 4 is 0 Å². The Kier molecular flexibility index (Phi) is 1.99. The monoisotopic (exact) mass is 246 g/mol. The van der Waals surface area contributed by atoms with Gasteiger partial charge in [-0.15, -0.1) is 0 Å². The van der Waals surface area contributed by atoms with Crippen LogP contribution in [0.5, 0.6) is 0 Å². The van der Waals surface area contributed by atoms with Crippen LogP contribution < -0.4 is 0 Å². The molecule has 5 aliphatic carbocycles. The fraction of sp³-hybridized carbons (Fsp3) is 1.00. The molecule has 0 aromatic carbocycles. The van der Waals surface area contributed by atoms with Crippen molar-refractivity contribution in [3.05, 3.63) is 0 Å². The van der Waals surface area contributed by atoms with E-state index in [4.69, 9.17) is 0 Å². The molecule has 0 aromatic rings. The number of aliphatic hydroxyl groups is 1. The Bertz CT molecular complexity index is 378. The van der Waals surface area contributed by atoms with Crippen molar-refractivity contribution in [3.63, 3.8) is 0 Å². The highest BCUT2D eigenvalue weighted by atomic mass is 16.3. The predicted octanol–water partition coefficient (Wildman–Crippen LogP) is 3.47. The molecule has 0 radical (unpaired) electrons. The topological polar surface area (TPSA) is 20.2 Å². The van der Waals surface area contributed by atoms with E-state index in [9.17, 15) is 5.11 Å². The third kappa shape index (κ3) is 0.994. The fourth-order valence-corrected chi connectivity index (χ4v) is 8.23. The molecule has 5 rings (SSSR count). The summed E-state index contributed by atoms with van der Waals surface area (Å²) in [5, 5.41) is 9.65.